The molecule has 0 saturated carbocycles. The minimum atomic E-state index is -1.33. The summed E-state index contributed by atoms with van der Waals surface area (Å²) >= 11 is 0. The predicted molar refractivity (Wildman–Crippen MR) is 157 cm³/mol. The van der Waals surface area contributed by atoms with Crippen molar-refractivity contribution in [3.8, 4) is 0 Å². The Hall–Kier alpha value is -3.43. The van der Waals surface area contributed by atoms with E-state index in [9.17, 15) is 14.4 Å². The monoisotopic (exact) mass is 644 g/mol. The van der Waals surface area contributed by atoms with Gasteiger partial charge in [0.05, 0.1) is 19.3 Å². The van der Waals surface area contributed by atoms with Crippen LogP contribution >= 0.6 is 0 Å². The highest BCUT2D eigenvalue weighted by Crippen LogP contribution is 2.39. The summed E-state index contributed by atoms with van der Waals surface area (Å²) in [7, 11) is 1.49. The minimum Gasteiger partial charge on any atom is -0.456 e. The molecular weight excluding hydrogens is 604 g/mol. The Morgan fingerprint density at radius 1 is 0.717 bits per heavy atom. The van der Waals surface area contributed by atoms with Crippen LogP contribution in [0.4, 0.5) is 0 Å². The third-order valence-corrected chi connectivity index (χ3v) is 7.80. The third-order valence-electron chi connectivity index (χ3n) is 7.80. The fourth-order valence-electron chi connectivity index (χ4n) is 5.85. The van der Waals surface area contributed by atoms with E-state index in [1.165, 1.54) is 27.9 Å². The van der Waals surface area contributed by atoms with Gasteiger partial charge in [0.15, 0.2) is 37.2 Å². The lowest BCUT2D eigenvalue weighted by molar-refractivity contribution is -0.393. The van der Waals surface area contributed by atoms with Crippen LogP contribution in [0.15, 0.2) is 60.7 Å². The maximum Gasteiger partial charge on any atom is 0.303 e. The van der Waals surface area contributed by atoms with E-state index in [2.05, 4.69) is 0 Å². The van der Waals surface area contributed by atoms with Crippen molar-refractivity contribution < 1.29 is 61.8 Å². The lowest BCUT2D eigenvalue weighted by Crippen LogP contribution is -2.67. The van der Waals surface area contributed by atoms with Gasteiger partial charge in [-0.3, -0.25) is 14.4 Å². The summed E-state index contributed by atoms with van der Waals surface area (Å²) in [5.74, 6) is -2.01. The van der Waals surface area contributed by atoms with Gasteiger partial charge in [-0.2, -0.15) is 0 Å². The molecule has 250 valence electrons. The van der Waals surface area contributed by atoms with Gasteiger partial charge in [0.25, 0.3) is 0 Å². The summed E-state index contributed by atoms with van der Waals surface area (Å²) in [5, 5.41) is 0. The molecule has 3 fully saturated rings. The molecule has 5 rings (SSSR count). The van der Waals surface area contributed by atoms with Crippen LogP contribution in [-0.2, 0) is 68.4 Å². The van der Waals surface area contributed by atoms with E-state index in [1.54, 1.807) is 6.92 Å². The van der Waals surface area contributed by atoms with Crippen molar-refractivity contribution in [2.75, 3.05) is 13.7 Å². The van der Waals surface area contributed by atoms with Crippen LogP contribution in [0.1, 0.15) is 45.1 Å². The van der Waals surface area contributed by atoms with Crippen LogP contribution in [0.5, 0.6) is 0 Å². The Balaban J connectivity index is 1.50. The van der Waals surface area contributed by atoms with Crippen molar-refractivity contribution in [2.45, 2.75) is 102 Å². The van der Waals surface area contributed by atoms with Gasteiger partial charge in [0.1, 0.15) is 24.4 Å². The average Bonchev–Trinajstić information content (AvgIpc) is 3.03. The molecule has 0 amide bonds. The maximum atomic E-state index is 12.4. The zero-order chi connectivity index (χ0) is 32.8. The lowest BCUT2D eigenvalue weighted by Gasteiger charge is -2.51. The second kappa shape index (κ2) is 15.4. The topological polar surface area (TPSA) is 144 Å². The van der Waals surface area contributed by atoms with Crippen molar-refractivity contribution in [1.82, 2.24) is 0 Å². The van der Waals surface area contributed by atoms with Gasteiger partial charge >= 0.3 is 17.9 Å². The first kappa shape index (κ1) is 33.9. The van der Waals surface area contributed by atoms with Crippen molar-refractivity contribution in [2.24, 2.45) is 0 Å². The molecule has 3 aliphatic rings. The van der Waals surface area contributed by atoms with Gasteiger partial charge in [-0.05, 0) is 12.5 Å². The molecule has 3 heterocycles. The van der Waals surface area contributed by atoms with Gasteiger partial charge in [0, 0.05) is 33.4 Å². The van der Waals surface area contributed by atoms with Crippen molar-refractivity contribution >= 4 is 17.9 Å². The smallest absolute Gasteiger partial charge is 0.303 e. The average molecular weight is 645 g/mol. The maximum absolute atomic E-state index is 12.4. The number of ether oxygens (including phenoxy) is 10. The lowest BCUT2D eigenvalue weighted by atomic mass is 9.95. The number of esters is 3. The van der Waals surface area contributed by atoms with E-state index >= 15 is 0 Å². The van der Waals surface area contributed by atoms with E-state index in [0.717, 1.165) is 11.1 Å². The number of carbonyl (C=O) groups excluding carboxylic acids is 3. The standard InChI is InChI=1S/C33H40O13/c1-18-25(41-19(2)34)27(42-20(3)35)30(43-21(4)36)33(40-18)46-28-26-24(17-39-31(45-26)23-14-10-7-11-15-23)44-32(37-5)29(28)38-16-22-12-8-6-9-13-22/h6-15,18,24-33H,16-17H2,1-5H3/t18-,24+,25-,26-,27+,28-,29+,30+,31?,32-,33-/m0/s1. The number of hydrogen-bond donors (Lipinski definition) is 0. The molecule has 13 nitrogen and oxygen atoms in total. The number of methoxy groups -OCH3 is 1. The Morgan fingerprint density at radius 3 is 1.96 bits per heavy atom. The van der Waals surface area contributed by atoms with Crippen LogP contribution in [0, 0.1) is 0 Å². The summed E-state index contributed by atoms with van der Waals surface area (Å²) in [6.07, 6.45) is -10.7. The van der Waals surface area contributed by atoms with E-state index in [4.69, 9.17) is 47.4 Å². The second-order valence-corrected chi connectivity index (χ2v) is 11.2. The molecule has 3 saturated heterocycles. The van der Waals surface area contributed by atoms with Crippen LogP contribution in [-0.4, -0.2) is 93.0 Å². The second-order valence-electron chi connectivity index (χ2n) is 11.2. The van der Waals surface area contributed by atoms with Crippen LogP contribution < -0.4 is 0 Å². The molecule has 3 aliphatic heterocycles. The predicted octanol–water partition coefficient (Wildman–Crippen LogP) is 2.98. The summed E-state index contributed by atoms with van der Waals surface area (Å²) < 4.78 is 60.5. The SMILES string of the molecule is CO[C@H]1O[C@@H]2COC(c3ccccc3)O[C@@H]2[C@H](O[C@@H]2O[C@@H](C)[C@H](OC(C)=O)[C@@H](OC(C)=O)[C@H]2OC(C)=O)[C@H]1OCc1ccccc1. The fraction of sp³-hybridized carbons (Fsp3) is 0.545. The van der Waals surface area contributed by atoms with E-state index in [0.29, 0.717) is 0 Å². The number of fused-ring (bicyclic) bond motifs is 1. The first-order valence-corrected chi connectivity index (χ1v) is 15.1. The summed E-state index contributed by atoms with van der Waals surface area (Å²) in [5.41, 5.74) is 1.68. The van der Waals surface area contributed by atoms with Crippen LogP contribution in [0.25, 0.3) is 0 Å². The molecule has 0 N–H and O–H groups in total. The molecule has 0 radical (unpaired) electrons. The molecule has 11 atom stereocenters. The molecule has 2 aromatic rings. The number of rotatable bonds is 10. The highest BCUT2D eigenvalue weighted by atomic mass is 16.8. The Bertz CT molecular complexity index is 1300. The Kier molecular flexibility index (Phi) is 11.4. The molecule has 0 bridgehead atoms. The fourth-order valence-corrected chi connectivity index (χ4v) is 5.85. The van der Waals surface area contributed by atoms with Crippen LogP contribution in [0.2, 0.25) is 0 Å². The molecule has 0 spiro atoms. The molecule has 46 heavy (non-hydrogen) atoms. The zero-order valence-electron chi connectivity index (χ0n) is 26.3. The first-order valence-electron chi connectivity index (χ1n) is 15.1. The van der Waals surface area contributed by atoms with Crippen molar-refractivity contribution in [1.29, 1.82) is 0 Å². The third kappa shape index (κ3) is 8.10. The summed E-state index contributed by atoms with van der Waals surface area (Å²) in [4.78, 5) is 36.6. The van der Waals surface area contributed by atoms with E-state index in [1.807, 2.05) is 60.7 Å². The highest BCUT2D eigenvalue weighted by molar-refractivity contribution is 5.68. The van der Waals surface area contributed by atoms with E-state index < -0.39 is 85.6 Å². The van der Waals surface area contributed by atoms with Gasteiger partial charge in [-0.1, -0.05) is 60.7 Å². The largest absolute Gasteiger partial charge is 0.456 e. The zero-order valence-corrected chi connectivity index (χ0v) is 26.3. The Morgan fingerprint density at radius 2 is 1.33 bits per heavy atom. The first-order chi connectivity index (χ1) is 22.1. The van der Waals surface area contributed by atoms with E-state index in [-0.39, 0.29) is 13.2 Å². The molecule has 0 aromatic heterocycles. The minimum absolute atomic E-state index is 0.148. The highest BCUT2D eigenvalue weighted by Gasteiger charge is 2.56. The van der Waals surface area contributed by atoms with Gasteiger partial charge in [0.2, 0.25) is 0 Å². The molecule has 0 aliphatic carbocycles. The van der Waals surface area contributed by atoms with Gasteiger partial charge in [-0.15, -0.1) is 0 Å². The van der Waals surface area contributed by atoms with Crippen molar-refractivity contribution in [3.05, 3.63) is 71.8 Å². The number of hydrogen-bond acceptors (Lipinski definition) is 13. The normalized spacial score (nSPS) is 34.2. The van der Waals surface area contributed by atoms with Crippen molar-refractivity contribution in [3.63, 3.8) is 0 Å². The van der Waals surface area contributed by atoms with Gasteiger partial charge in [-0.25, -0.2) is 0 Å². The van der Waals surface area contributed by atoms with Gasteiger partial charge < -0.3 is 47.4 Å². The Labute approximate surface area is 267 Å². The molecule has 2 aromatic carbocycles. The molecule has 1 unspecified atom stereocenters. The summed E-state index contributed by atoms with van der Waals surface area (Å²) in [6, 6.07) is 18.9. The van der Waals surface area contributed by atoms with Crippen LogP contribution in [0.3, 0.4) is 0 Å². The molecular formula is C33H40O13. The number of carbonyl (C=O) groups is 3. The molecule has 13 heteroatoms. The quantitative estimate of drug-likeness (QED) is 0.276. The number of benzene rings is 2. The summed E-state index contributed by atoms with van der Waals surface area (Å²) in [6.45, 7) is 5.58.